The second-order valence-electron chi connectivity index (χ2n) is 2.83. The van der Waals surface area contributed by atoms with Crippen LogP contribution in [-0.2, 0) is 9.15 Å². The van der Waals surface area contributed by atoms with Gasteiger partial charge in [0.2, 0.25) is 0 Å². The third kappa shape index (κ3) is 3.43. The topological polar surface area (TPSA) is 90.8 Å². The molecule has 0 saturated carbocycles. The highest BCUT2D eigenvalue weighted by Gasteiger charge is 2.15. The number of hydroxylamine groups is 1. The zero-order valence-corrected chi connectivity index (χ0v) is 9.84. The van der Waals surface area contributed by atoms with E-state index in [-0.39, 0.29) is 9.03 Å². The van der Waals surface area contributed by atoms with Gasteiger partial charge in [0.1, 0.15) is 0 Å². The zero-order valence-electron chi connectivity index (χ0n) is 8.84. The quantitative estimate of drug-likeness (QED) is 0.201. The molecule has 1 rings (SSSR count). The maximum absolute atomic E-state index is 11.7. The molecule has 0 spiro atoms. The van der Waals surface area contributed by atoms with E-state index < -0.39 is 5.91 Å². The van der Waals surface area contributed by atoms with Crippen LogP contribution in [0.1, 0.15) is 17.3 Å². The molecule has 1 aromatic rings. The summed E-state index contributed by atoms with van der Waals surface area (Å²) in [7, 11) is -0.314. The molecule has 0 aliphatic heterocycles. The lowest BCUT2D eigenvalue weighted by Gasteiger charge is -2.15. The van der Waals surface area contributed by atoms with Crippen LogP contribution in [0.3, 0.4) is 0 Å². The molecule has 4 N–H and O–H groups in total. The van der Waals surface area contributed by atoms with Crippen molar-refractivity contribution in [3.63, 3.8) is 0 Å². The lowest BCUT2D eigenvalue weighted by molar-refractivity contribution is -0.0308. The van der Waals surface area contributed by atoms with Gasteiger partial charge in [-0.05, 0) is 19.1 Å². The van der Waals surface area contributed by atoms with Crippen LogP contribution in [0.15, 0.2) is 24.3 Å². The van der Waals surface area contributed by atoms with Crippen molar-refractivity contribution in [1.29, 1.82) is 0 Å². The molecule has 88 valence electrons. The molecule has 1 atom stereocenters. The minimum Gasteiger partial charge on any atom is -0.398 e. The average molecular weight is 243 g/mol. The Morgan fingerprint density at radius 2 is 2.19 bits per heavy atom. The summed E-state index contributed by atoms with van der Waals surface area (Å²) in [6.45, 7) is 2.31. The van der Waals surface area contributed by atoms with E-state index in [1.165, 1.54) is 0 Å². The third-order valence-electron chi connectivity index (χ3n) is 1.73. The summed E-state index contributed by atoms with van der Waals surface area (Å²) in [6.07, 6.45) is 0. The number of benzene rings is 1. The number of hydrogen-bond acceptors (Lipinski definition) is 5. The molecule has 0 aliphatic carbocycles. The summed E-state index contributed by atoms with van der Waals surface area (Å²) in [4.78, 5) is 11.7. The number of carbonyl (C=O) groups excluding carboxylic acids is 1. The van der Waals surface area contributed by atoms with E-state index in [1.807, 2.05) is 6.92 Å². The molecular weight excluding hydrogens is 229 g/mol. The maximum Gasteiger partial charge on any atom is 0.294 e. The molecule has 0 aliphatic rings. The monoisotopic (exact) mass is 243 g/mol. The van der Waals surface area contributed by atoms with Gasteiger partial charge < -0.3 is 10.3 Å². The zero-order chi connectivity index (χ0) is 12.0. The van der Waals surface area contributed by atoms with E-state index >= 15 is 0 Å². The van der Waals surface area contributed by atoms with Crippen molar-refractivity contribution in [1.82, 2.24) is 5.17 Å². The molecular formula is C9H14N3O3P. The fourth-order valence-corrected chi connectivity index (χ4v) is 1.31. The average Bonchev–Trinajstić information content (AvgIpc) is 2.29. The van der Waals surface area contributed by atoms with E-state index in [0.717, 1.165) is 0 Å². The smallest absolute Gasteiger partial charge is 0.294 e. The summed E-state index contributed by atoms with van der Waals surface area (Å²) in [5, 5.41) is 0.625. The highest BCUT2D eigenvalue weighted by atomic mass is 31.1. The van der Waals surface area contributed by atoms with Crippen LogP contribution >= 0.6 is 9.03 Å². The van der Waals surface area contributed by atoms with Gasteiger partial charge in [0, 0.05) is 5.69 Å². The molecule has 16 heavy (non-hydrogen) atoms. The second-order valence-corrected chi connectivity index (χ2v) is 3.46. The van der Waals surface area contributed by atoms with Crippen LogP contribution in [0.4, 0.5) is 5.69 Å². The van der Waals surface area contributed by atoms with Crippen molar-refractivity contribution >= 4 is 20.6 Å². The van der Waals surface area contributed by atoms with Crippen molar-refractivity contribution in [3.05, 3.63) is 29.8 Å². The number of nitrogens with zero attached hydrogens (tertiary/aromatic N) is 1. The van der Waals surface area contributed by atoms with E-state index in [1.54, 1.807) is 24.3 Å². The molecule has 1 amide bonds. The van der Waals surface area contributed by atoms with Crippen LogP contribution in [-0.4, -0.2) is 17.7 Å². The molecule has 0 saturated heterocycles. The fourth-order valence-electron chi connectivity index (χ4n) is 0.977. The number of anilines is 1. The number of hydrogen-bond donors (Lipinski definition) is 2. The van der Waals surface area contributed by atoms with Crippen molar-refractivity contribution < 1.29 is 13.9 Å². The SMILES string of the molecule is CCOPON(N)C(=O)c1ccccc1N. The van der Waals surface area contributed by atoms with Crippen molar-refractivity contribution in [3.8, 4) is 0 Å². The molecule has 7 heteroatoms. The number of nitrogens with two attached hydrogens (primary N) is 2. The fraction of sp³-hybridized carbons (Fsp3) is 0.222. The second kappa shape index (κ2) is 6.40. The summed E-state index contributed by atoms with van der Waals surface area (Å²) in [5.41, 5.74) is 6.28. The van der Waals surface area contributed by atoms with Crippen molar-refractivity contribution in [2.24, 2.45) is 5.84 Å². The van der Waals surface area contributed by atoms with E-state index in [2.05, 4.69) is 0 Å². The summed E-state index contributed by atoms with van der Waals surface area (Å²) in [6, 6.07) is 6.62. The molecule has 0 radical (unpaired) electrons. The summed E-state index contributed by atoms with van der Waals surface area (Å²) < 4.78 is 9.79. The van der Waals surface area contributed by atoms with Gasteiger partial charge in [-0.25, -0.2) is 10.5 Å². The number of hydrazine groups is 1. The highest BCUT2D eigenvalue weighted by molar-refractivity contribution is 7.26. The van der Waals surface area contributed by atoms with Crippen LogP contribution in [0.5, 0.6) is 0 Å². The molecule has 0 bridgehead atoms. The Morgan fingerprint density at radius 3 is 2.81 bits per heavy atom. The first kappa shape index (κ1) is 12.9. The highest BCUT2D eigenvalue weighted by Crippen LogP contribution is 2.17. The number of para-hydroxylation sites is 1. The van der Waals surface area contributed by atoms with Crippen molar-refractivity contribution in [2.45, 2.75) is 6.92 Å². The predicted octanol–water partition coefficient (Wildman–Crippen LogP) is 1.06. The lowest BCUT2D eigenvalue weighted by Crippen LogP contribution is -2.35. The number of rotatable bonds is 5. The molecule has 0 fully saturated rings. The van der Waals surface area contributed by atoms with Gasteiger partial charge in [0.15, 0.2) is 9.03 Å². The van der Waals surface area contributed by atoms with Crippen LogP contribution in [0.2, 0.25) is 0 Å². The van der Waals surface area contributed by atoms with Crippen LogP contribution < -0.4 is 11.6 Å². The van der Waals surface area contributed by atoms with Gasteiger partial charge in [-0.15, -0.1) is 5.17 Å². The van der Waals surface area contributed by atoms with Gasteiger partial charge >= 0.3 is 0 Å². The van der Waals surface area contributed by atoms with Gasteiger partial charge in [-0.2, -0.15) is 0 Å². The number of amides is 1. The van der Waals surface area contributed by atoms with E-state index in [0.29, 0.717) is 23.0 Å². The predicted molar refractivity (Wildman–Crippen MR) is 62.2 cm³/mol. The Hall–Kier alpha value is -1.20. The Balaban J connectivity index is 2.60. The summed E-state index contributed by atoms with van der Waals surface area (Å²) >= 11 is 0. The minimum absolute atomic E-state index is 0.297. The van der Waals surface area contributed by atoms with E-state index in [4.69, 9.17) is 20.7 Å². The molecule has 1 unspecified atom stereocenters. The first-order valence-corrected chi connectivity index (χ1v) is 5.46. The van der Waals surface area contributed by atoms with E-state index in [9.17, 15) is 4.79 Å². The molecule has 1 aromatic carbocycles. The standard InChI is InChI=1S/C9H14N3O3P/c1-2-14-16-15-12(11)9(13)7-5-3-4-6-8(7)10/h3-6,16H,2,10-11H2,1H3. The number of carbonyl (C=O) groups is 1. The van der Waals surface area contributed by atoms with Gasteiger partial charge in [-0.1, -0.05) is 12.1 Å². The lowest BCUT2D eigenvalue weighted by atomic mass is 10.2. The van der Waals surface area contributed by atoms with Crippen molar-refractivity contribution in [2.75, 3.05) is 12.3 Å². The molecule has 0 heterocycles. The first-order chi connectivity index (χ1) is 7.66. The Bertz CT molecular complexity index is 362. The minimum atomic E-state index is -0.509. The Morgan fingerprint density at radius 1 is 1.50 bits per heavy atom. The van der Waals surface area contributed by atoms with Crippen LogP contribution in [0.25, 0.3) is 0 Å². The Labute approximate surface area is 95.4 Å². The molecule has 6 nitrogen and oxygen atoms in total. The van der Waals surface area contributed by atoms with Gasteiger partial charge in [0.25, 0.3) is 5.91 Å². The normalized spacial score (nSPS) is 10.9. The largest absolute Gasteiger partial charge is 0.398 e. The third-order valence-corrected chi connectivity index (χ3v) is 2.41. The first-order valence-electron chi connectivity index (χ1n) is 4.64. The summed E-state index contributed by atoms with van der Waals surface area (Å²) in [5.74, 6) is 4.88. The van der Waals surface area contributed by atoms with Gasteiger partial charge in [0.05, 0.1) is 12.2 Å². The molecule has 0 aromatic heterocycles. The maximum atomic E-state index is 11.7. The van der Waals surface area contributed by atoms with Gasteiger partial charge in [-0.3, -0.25) is 4.79 Å². The number of nitrogen functional groups attached to an aromatic ring is 1. The van der Waals surface area contributed by atoms with Crippen LogP contribution in [0, 0.1) is 0 Å². The Kier molecular flexibility index (Phi) is 5.14.